The van der Waals surface area contributed by atoms with Crippen molar-refractivity contribution >= 4 is 35.1 Å². The highest BCUT2D eigenvalue weighted by atomic mass is 32.2. The first-order chi connectivity index (χ1) is 11.7. The Bertz CT molecular complexity index is 645. The van der Waals surface area contributed by atoms with E-state index in [0.29, 0.717) is 12.2 Å². The van der Waals surface area contributed by atoms with Crippen molar-refractivity contribution in [2.45, 2.75) is 31.3 Å². The summed E-state index contributed by atoms with van der Waals surface area (Å²) in [5.41, 5.74) is 6.59. The van der Waals surface area contributed by atoms with Gasteiger partial charge in [-0.2, -0.15) is 0 Å². The fourth-order valence-corrected chi connectivity index (χ4v) is 3.47. The number of nitrogen functional groups attached to an aromatic ring is 1. The fraction of sp³-hybridized carbons (Fsp3) is 0.529. The minimum Gasteiger partial charge on any atom is -0.444 e. The van der Waals surface area contributed by atoms with Crippen molar-refractivity contribution in [2.75, 3.05) is 42.6 Å². The van der Waals surface area contributed by atoms with E-state index in [1.807, 2.05) is 12.1 Å². The molecule has 0 unspecified atom stereocenters. The predicted octanol–water partition coefficient (Wildman–Crippen LogP) is 1.94. The van der Waals surface area contributed by atoms with Gasteiger partial charge >= 0.3 is 6.09 Å². The molecule has 0 aliphatic carbocycles. The van der Waals surface area contributed by atoms with Crippen LogP contribution in [0.15, 0.2) is 23.1 Å². The first kappa shape index (κ1) is 19.4. The van der Waals surface area contributed by atoms with E-state index in [9.17, 15) is 14.7 Å². The van der Waals surface area contributed by atoms with Gasteiger partial charge in [-0.3, -0.25) is 9.69 Å². The third-order valence-corrected chi connectivity index (χ3v) is 4.52. The topological polar surface area (TPSA) is 96.1 Å². The molecular weight excluding hydrogens is 342 g/mol. The zero-order chi connectivity index (χ0) is 18.6. The highest BCUT2D eigenvalue weighted by molar-refractivity contribution is 7.99. The number of rotatable bonds is 4. The average molecular weight is 367 g/mol. The first-order valence-electron chi connectivity index (χ1n) is 8.13. The van der Waals surface area contributed by atoms with Crippen molar-refractivity contribution in [3.8, 4) is 0 Å². The predicted molar refractivity (Wildman–Crippen MR) is 98.8 cm³/mol. The van der Waals surface area contributed by atoms with Crippen molar-refractivity contribution in [3.05, 3.63) is 18.2 Å². The molecule has 1 aliphatic heterocycles. The van der Waals surface area contributed by atoms with Crippen LogP contribution in [0.5, 0.6) is 0 Å². The monoisotopic (exact) mass is 367 g/mol. The lowest BCUT2D eigenvalue weighted by molar-refractivity contribution is -0.119. The van der Waals surface area contributed by atoms with Gasteiger partial charge in [-0.05, 0) is 39.0 Å². The lowest BCUT2D eigenvalue weighted by atomic mass is 10.2. The fourth-order valence-electron chi connectivity index (χ4n) is 2.43. The lowest BCUT2D eigenvalue weighted by Crippen LogP contribution is -2.47. The Morgan fingerprint density at radius 3 is 2.76 bits per heavy atom. The van der Waals surface area contributed by atoms with Gasteiger partial charge in [-0.25, -0.2) is 4.79 Å². The number of benzene rings is 1. The summed E-state index contributed by atoms with van der Waals surface area (Å²) in [5, 5.41) is 9.20. The zero-order valence-electron chi connectivity index (χ0n) is 14.8. The zero-order valence-corrected chi connectivity index (χ0v) is 15.6. The van der Waals surface area contributed by atoms with Gasteiger partial charge in [0.05, 0.1) is 12.3 Å². The van der Waals surface area contributed by atoms with Crippen molar-refractivity contribution in [3.63, 3.8) is 0 Å². The van der Waals surface area contributed by atoms with Crippen molar-refractivity contribution in [2.24, 2.45) is 0 Å². The molecule has 3 N–H and O–H groups in total. The summed E-state index contributed by atoms with van der Waals surface area (Å²) in [5.74, 6) is 0.542. The maximum Gasteiger partial charge on any atom is 0.410 e. The number of anilines is 2. The van der Waals surface area contributed by atoms with Crippen LogP contribution in [0.2, 0.25) is 0 Å². The molecule has 2 rings (SSSR count). The molecular formula is C17H25N3O4S. The Kier molecular flexibility index (Phi) is 6.18. The van der Waals surface area contributed by atoms with Crippen LogP contribution in [0.1, 0.15) is 20.8 Å². The molecule has 0 saturated carbocycles. The van der Waals surface area contributed by atoms with Crippen LogP contribution in [0, 0.1) is 0 Å². The SMILES string of the molecule is CC(C)(C)OC(=O)N(CCO)CC(=O)N1CCSc2cc(N)ccc21. The van der Waals surface area contributed by atoms with E-state index in [1.165, 1.54) is 4.90 Å². The molecule has 1 aromatic carbocycles. The van der Waals surface area contributed by atoms with Gasteiger partial charge in [0.1, 0.15) is 12.1 Å². The molecule has 1 aliphatic rings. The van der Waals surface area contributed by atoms with Crippen LogP contribution in [-0.4, -0.2) is 59.6 Å². The van der Waals surface area contributed by atoms with E-state index in [-0.39, 0.29) is 25.6 Å². The highest BCUT2D eigenvalue weighted by Gasteiger charge is 2.28. The molecule has 1 aromatic rings. The number of carbonyl (C=O) groups excluding carboxylic acids is 2. The number of amides is 2. The number of fused-ring (bicyclic) bond motifs is 1. The van der Waals surface area contributed by atoms with Crippen molar-refractivity contribution in [1.82, 2.24) is 4.90 Å². The summed E-state index contributed by atoms with van der Waals surface area (Å²) < 4.78 is 5.31. The number of ether oxygens (including phenoxy) is 1. The van der Waals surface area contributed by atoms with E-state index in [4.69, 9.17) is 10.5 Å². The Morgan fingerprint density at radius 2 is 2.12 bits per heavy atom. The summed E-state index contributed by atoms with van der Waals surface area (Å²) in [6.07, 6.45) is -0.612. The first-order valence-corrected chi connectivity index (χ1v) is 9.11. The van der Waals surface area contributed by atoms with Crippen LogP contribution in [0.4, 0.5) is 16.2 Å². The number of thioether (sulfide) groups is 1. The van der Waals surface area contributed by atoms with Gasteiger partial charge in [0.25, 0.3) is 0 Å². The molecule has 0 bridgehead atoms. The maximum absolute atomic E-state index is 12.8. The molecule has 0 aromatic heterocycles. The van der Waals surface area contributed by atoms with Gasteiger partial charge in [0.2, 0.25) is 5.91 Å². The van der Waals surface area contributed by atoms with Crippen molar-refractivity contribution < 1.29 is 19.4 Å². The maximum atomic E-state index is 12.8. The van der Waals surface area contributed by atoms with Gasteiger partial charge in [-0.15, -0.1) is 11.8 Å². The van der Waals surface area contributed by atoms with E-state index in [2.05, 4.69) is 0 Å². The summed E-state index contributed by atoms with van der Waals surface area (Å²) in [6, 6.07) is 5.42. The highest BCUT2D eigenvalue weighted by Crippen LogP contribution is 2.36. The smallest absolute Gasteiger partial charge is 0.410 e. The van der Waals surface area contributed by atoms with Gasteiger partial charge < -0.3 is 20.5 Å². The summed E-state index contributed by atoms with van der Waals surface area (Å²) in [4.78, 5) is 28.8. The number of carbonyl (C=O) groups is 2. The van der Waals surface area contributed by atoms with Crippen LogP contribution < -0.4 is 10.6 Å². The van der Waals surface area contributed by atoms with Gasteiger partial charge in [0.15, 0.2) is 0 Å². The molecule has 0 atom stereocenters. The summed E-state index contributed by atoms with van der Waals surface area (Å²) in [6.45, 7) is 5.48. The number of hydrogen-bond acceptors (Lipinski definition) is 6. The third-order valence-electron chi connectivity index (χ3n) is 3.50. The second-order valence-corrected chi connectivity index (χ2v) is 7.88. The van der Waals surface area contributed by atoms with Crippen LogP contribution in [0.25, 0.3) is 0 Å². The van der Waals surface area contributed by atoms with E-state index in [1.54, 1.807) is 43.5 Å². The number of aliphatic hydroxyl groups excluding tert-OH is 1. The quantitative estimate of drug-likeness (QED) is 0.790. The minimum atomic E-state index is -0.667. The molecule has 7 nitrogen and oxygen atoms in total. The Balaban J connectivity index is 2.13. The van der Waals surface area contributed by atoms with Gasteiger partial charge in [0, 0.05) is 29.4 Å². The molecule has 1 heterocycles. The lowest BCUT2D eigenvalue weighted by Gasteiger charge is -2.32. The molecule has 0 spiro atoms. The number of nitrogens with two attached hydrogens (primary N) is 1. The second kappa shape index (κ2) is 7.97. The Labute approximate surface area is 152 Å². The molecule has 0 radical (unpaired) electrons. The van der Waals surface area contributed by atoms with Crippen LogP contribution >= 0.6 is 11.8 Å². The minimum absolute atomic E-state index is 0.0395. The Hall–Kier alpha value is -1.93. The molecule has 2 amide bonds. The van der Waals surface area contributed by atoms with Crippen molar-refractivity contribution in [1.29, 1.82) is 0 Å². The second-order valence-electron chi connectivity index (χ2n) is 6.75. The number of aliphatic hydroxyl groups is 1. The number of nitrogens with zero attached hydrogens (tertiary/aromatic N) is 2. The largest absolute Gasteiger partial charge is 0.444 e. The van der Waals surface area contributed by atoms with E-state index in [0.717, 1.165) is 16.3 Å². The standard InChI is InChI=1S/C17H25N3O4S/c1-17(2,3)24-16(23)19(6-8-21)11-15(22)20-7-9-25-14-10-12(18)4-5-13(14)20/h4-5,10,21H,6-9,11,18H2,1-3H3. The van der Waals surface area contributed by atoms with Crippen LogP contribution in [0.3, 0.4) is 0 Å². The molecule has 25 heavy (non-hydrogen) atoms. The third kappa shape index (κ3) is 5.27. The van der Waals surface area contributed by atoms with Gasteiger partial charge in [-0.1, -0.05) is 0 Å². The molecule has 0 saturated heterocycles. The normalized spacial score (nSPS) is 14.0. The van der Waals surface area contributed by atoms with E-state index >= 15 is 0 Å². The van der Waals surface area contributed by atoms with Crippen LogP contribution in [-0.2, 0) is 9.53 Å². The average Bonchev–Trinajstić information content (AvgIpc) is 2.51. The molecule has 138 valence electrons. The van der Waals surface area contributed by atoms with E-state index < -0.39 is 11.7 Å². The summed E-state index contributed by atoms with van der Waals surface area (Å²) in [7, 11) is 0. The number of hydrogen-bond donors (Lipinski definition) is 2. The summed E-state index contributed by atoms with van der Waals surface area (Å²) >= 11 is 1.65. The molecule has 0 fully saturated rings. The Morgan fingerprint density at radius 1 is 1.40 bits per heavy atom. The molecule has 8 heteroatoms.